The van der Waals surface area contributed by atoms with Crippen LogP contribution in [0.25, 0.3) is 6.08 Å². The third kappa shape index (κ3) is 4.58. The summed E-state index contributed by atoms with van der Waals surface area (Å²) < 4.78 is 0. The number of nitrogens with zero attached hydrogens (tertiary/aromatic N) is 1. The highest BCUT2D eigenvalue weighted by Crippen LogP contribution is 2.28. The Balaban J connectivity index is 1.76. The molecule has 1 saturated heterocycles. The largest absolute Gasteiger partial charge is 0.326 e. The minimum atomic E-state index is -0.164. The highest BCUT2D eigenvalue weighted by molar-refractivity contribution is 8.18. The fraction of sp³-hybridized carbons (Fsp3) is 0.105. The van der Waals surface area contributed by atoms with Crippen molar-refractivity contribution in [1.82, 2.24) is 5.32 Å². The number of thioether (sulfide) groups is 1. The quantitative estimate of drug-likeness (QED) is 0.825. The molecule has 0 spiro atoms. The van der Waals surface area contributed by atoms with E-state index in [1.807, 2.05) is 43.3 Å². The number of anilines is 1. The fourth-order valence-electron chi connectivity index (χ4n) is 2.31. The number of hydrogen-bond donors (Lipinski definition) is 2. The van der Waals surface area contributed by atoms with Gasteiger partial charge < -0.3 is 10.6 Å². The molecule has 126 valence electrons. The van der Waals surface area contributed by atoms with Crippen molar-refractivity contribution in [2.75, 3.05) is 5.32 Å². The van der Waals surface area contributed by atoms with Crippen LogP contribution in [-0.2, 0) is 9.59 Å². The van der Waals surface area contributed by atoms with Crippen molar-refractivity contribution in [3.63, 3.8) is 0 Å². The van der Waals surface area contributed by atoms with Crippen LogP contribution >= 0.6 is 11.8 Å². The average Bonchev–Trinajstić information content (AvgIpc) is 2.88. The molecular formula is C19H17N3O2S. The maximum absolute atomic E-state index is 12.1. The van der Waals surface area contributed by atoms with Gasteiger partial charge in [-0.3, -0.25) is 9.59 Å². The molecule has 0 atom stereocenters. The van der Waals surface area contributed by atoms with Gasteiger partial charge in [0, 0.05) is 12.6 Å². The lowest BCUT2D eigenvalue weighted by atomic mass is 10.2. The van der Waals surface area contributed by atoms with Crippen molar-refractivity contribution >= 4 is 46.2 Å². The third-order valence-corrected chi connectivity index (χ3v) is 4.32. The van der Waals surface area contributed by atoms with Crippen LogP contribution in [0.3, 0.4) is 0 Å². The number of aryl methyl sites for hydroxylation is 1. The number of carbonyl (C=O) groups is 2. The van der Waals surface area contributed by atoms with Crippen LogP contribution in [0, 0.1) is 6.92 Å². The minimum Gasteiger partial charge on any atom is -0.326 e. The highest BCUT2D eigenvalue weighted by Gasteiger charge is 2.23. The number of rotatable bonds is 3. The molecule has 5 nitrogen and oxygen atoms in total. The lowest BCUT2D eigenvalue weighted by Gasteiger charge is -2.02. The van der Waals surface area contributed by atoms with Gasteiger partial charge in [-0.25, -0.2) is 4.99 Å². The first-order valence-corrected chi connectivity index (χ1v) is 8.55. The Morgan fingerprint density at radius 2 is 1.96 bits per heavy atom. The molecule has 1 aliphatic heterocycles. The van der Waals surface area contributed by atoms with Crippen molar-refractivity contribution < 1.29 is 9.59 Å². The molecule has 0 radical (unpaired) electrons. The fourth-order valence-corrected chi connectivity index (χ4v) is 3.15. The standard InChI is InChI=1S/C19H17N3O2S/c1-12-4-3-5-16(10-12)21-19-22-18(24)17(25-19)11-14-6-8-15(9-7-14)20-13(2)23/h3-11H,1-2H3,(H,20,23)(H,21,22,24). The zero-order valence-corrected chi connectivity index (χ0v) is 14.7. The minimum absolute atomic E-state index is 0.117. The maximum atomic E-state index is 12.1. The van der Waals surface area contributed by atoms with E-state index in [0.29, 0.717) is 10.1 Å². The van der Waals surface area contributed by atoms with Crippen LogP contribution in [0.1, 0.15) is 18.1 Å². The Morgan fingerprint density at radius 1 is 1.20 bits per heavy atom. The second-order valence-corrected chi connectivity index (χ2v) is 6.65. The molecule has 3 rings (SSSR count). The van der Waals surface area contributed by atoms with Gasteiger partial charge in [0.25, 0.3) is 5.91 Å². The monoisotopic (exact) mass is 351 g/mol. The molecule has 1 aliphatic rings. The Morgan fingerprint density at radius 3 is 2.64 bits per heavy atom. The topological polar surface area (TPSA) is 70.6 Å². The third-order valence-electron chi connectivity index (χ3n) is 3.41. The van der Waals surface area contributed by atoms with E-state index in [-0.39, 0.29) is 11.8 Å². The van der Waals surface area contributed by atoms with E-state index in [1.54, 1.807) is 18.2 Å². The predicted octanol–water partition coefficient (Wildman–Crippen LogP) is 3.85. The molecule has 25 heavy (non-hydrogen) atoms. The number of amidine groups is 1. The Kier molecular flexibility index (Phi) is 5.00. The molecule has 0 unspecified atom stereocenters. The van der Waals surface area contributed by atoms with E-state index in [2.05, 4.69) is 15.6 Å². The molecular weight excluding hydrogens is 334 g/mol. The molecule has 2 aromatic carbocycles. The van der Waals surface area contributed by atoms with Gasteiger partial charge >= 0.3 is 0 Å². The summed E-state index contributed by atoms with van der Waals surface area (Å²) in [6, 6.07) is 15.1. The van der Waals surface area contributed by atoms with Gasteiger partial charge in [0.2, 0.25) is 5.91 Å². The zero-order valence-electron chi connectivity index (χ0n) is 13.9. The first kappa shape index (κ1) is 17.0. The molecule has 2 amide bonds. The van der Waals surface area contributed by atoms with E-state index < -0.39 is 0 Å². The molecule has 2 N–H and O–H groups in total. The van der Waals surface area contributed by atoms with E-state index in [1.165, 1.54) is 18.7 Å². The van der Waals surface area contributed by atoms with Gasteiger partial charge in [0.15, 0.2) is 5.17 Å². The molecule has 0 bridgehead atoms. The number of hydrogen-bond acceptors (Lipinski definition) is 4. The van der Waals surface area contributed by atoms with E-state index >= 15 is 0 Å². The summed E-state index contributed by atoms with van der Waals surface area (Å²) in [5, 5.41) is 6.05. The van der Waals surface area contributed by atoms with Crippen molar-refractivity contribution in [3.05, 3.63) is 64.6 Å². The molecule has 0 saturated carbocycles. The molecule has 6 heteroatoms. The number of aliphatic imine (C=N–C) groups is 1. The highest BCUT2D eigenvalue weighted by atomic mass is 32.2. The number of nitrogens with one attached hydrogen (secondary N) is 2. The van der Waals surface area contributed by atoms with Gasteiger partial charge in [-0.1, -0.05) is 24.3 Å². The SMILES string of the molecule is CC(=O)Nc1ccc(C=C2SC(=Nc3cccc(C)c3)NC2=O)cc1. The molecule has 1 heterocycles. The van der Waals surface area contributed by atoms with Gasteiger partial charge in [-0.2, -0.15) is 0 Å². The van der Waals surface area contributed by atoms with Crippen LogP contribution < -0.4 is 10.6 Å². The summed E-state index contributed by atoms with van der Waals surface area (Å²) in [5.74, 6) is -0.281. The number of benzene rings is 2. The number of carbonyl (C=O) groups excluding carboxylic acids is 2. The van der Waals surface area contributed by atoms with Crippen LogP contribution in [0.5, 0.6) is 0 Å². The number of amides is 2. The van der Waals surface area contributed by atoms with E-state index in [0.717, 1.165) is 22.5 Å². The smallest absolute Gasteiger partial charge is 0.264 e. The summed E-state index contributed by atoms with van der Waals surface area (Å²) in [6.45, 7) is 3.46. The summed E-state index contributed by atoms with van der Waals surface area (Å²) in [7, 11) is 0. The summed E-state index contributed by atoms with van der Waals surface area (Å²) in [5.41, 5.74) is 3.53. The summed E-state index contributed by atoms with van der Waals surface area (Å²) >= 11 is 1.31. The van der Waals surface area contributed by atoms with Crippen LogP contribution in [0.4, 0.5) is 11.4 Å². The van der Waals surface area contributed by atoms with Crippen molar-refractivity contribution in [1.29, 1.82) is 0 Å². The molecule has 1 fully saturated rings. The van der Waals surface area contributed by atoms with Crippen LogP contribution in [0.15, 0.2) is 58.4 Å². The van der Waals surface area contributed by atoms with E-state index in [9.17, 15) is 9.59 Å². The molecule has 2 aromatic rings. The van der Waals surface area contributed by atoms with Crippen LogP contribution in [0.2, 0.25) is 0 Å². The normalized spacial score (nSPS) is 17.0. The predicted molar refractivity (Wildman–Crippen MR) is 103 cm³/mol. The second kappa shape index (κ2) is 7.36. The van der Waals surface area contributed by atoms with Crippen molar-refractivity contribution in [2.24, 2.45) is 4.99 Å². The zero-order chi connectivity index (χ0) is 17.8. The average molecular weight is 351 g/mol. The lowest BCUT2D eigenvalue weighted by molar-refractivity contribution is -0.115. The van der Waals surface area contributed by atoms with Gasteiger partial charge in [-0.05, 0) is 60.2 Å². The summed E-state index contributed by atoms with van der Waals surface area (Å²) in [4.78, 5) is 28.2. The van der Waals surface area contributed by atoms with Crippen molar-refractivity contribution in [3.8, 4) is 0 Å². The molecule has 0 aliphatic carbocycles. The van der Waals surface area contributed by atoms with Gasteiger partial charge in [-0.15, -0.1) is 0 Å². The maximum Gasteiger partial charge on any atom is 0.264 e. The van der Waals surface area contributed by atoms with Gasteiger partial charge in [0.05, 0.1) is 10.6 Å². The summed E-state index contributed by atoms with van der Waals surface area (Å²) in [6.07, 6.45) is 1.80. The first-order valence-electron chi connectivity index (χ1n) is 7.73. The van der Waals surface area contributed by atoms with E-state index in [4.69, 9.17) is 0 Å². The Labute approximate surface area is 150 Å². The second-order valence-electron chi connectivity index (χ2n) is 5.62. The van der Waals surface area contributed by atoms with Gasteiger partial charge in [0.1, 0.15) is 0 Å². The lowest BCUT2D eigenvalue weighted by Crippen LogP contribution is -2.19. The van der Waals surface area contributed by atoms with Crippen LogP contribution in [-0.4, -0.2) is 17.0 Å². The first-order chi connectivity index (χ1) is 12.0. The Hall–Kier alpha value is -2.86. The molecule has 0 aromatic heterocycles. The van der Waals surface area contributed by atoms with Crippen molar-refractivity contribution in [2.45, 2.75) is 13.8 Å². The Bertz CT molecular complexity index is 886.